The number of anilines is 1. The lowest BCUT2D eigenvalue weighted by molar-refractivity contribution is -0.136. The van der Waals surface area contributed by atoms with Gasteiger partial charge in [-0.2, -0.15) is 0 Å². The van der Waals surface area contributed by atoms with Gasteiger partial charge in [0.15, 0.2) is 0 Å². The minimum atomic E-state index is -0.833. The Labute approximate surface area is 125 Å². The van der Waals surface area contributed by atoms with Crippen LogP contribution in [-0.2, 0) is 11.2 Å². The quantitative estimate of drug-likeness (QED) is 0.895. The van der Waals surface area contributed by atoms with E-state index < -0.39 is 5.97 Å². The first-order valence-corrected chi connectivity index (χ1v) is 7.45. The van der Waals surface area contributed by atoms with Crippen LogP contribution in [0.3, 0.4) is 0 Å². The van der Waals surface area contributed by atoms with E-state index in [0.29, 0.717) is 12.1 Å². The Kier molecular flexibility index (Phi) is 5.20. The van der Waals surface area contributed by atoms with Crippen molar-refractivity contribution < 1.29 is 14.7 Å². The van der Waals surface area contributed by atoms with E-state index in [2.05, 4.69) is 12.2 Å². The highest BCUT2D eigenvalue weighted by atomic mass is 16.4. The molecule has 1 aromatic carbocycles. The zero-order valence-electron chi connectivity index (χ0n) is 12.3. The standard InChI is InChI=1S/C16H22N2O3/c1-12-6-4-5-11-18(12)16(21)17-14-8-3-2-7-13(14)9-10-15(19)20/h2-3,7-8,12H,4-6,9-11H2,1H3,(H,17,21)(H,19,20). The second-order valence-electron chi connectivity index (χ2n) is 5.52. The van der Waals surface area contributed by atoms with Crippen LogP contribution in [-0.4, -0.2) is 34.6 Å². The van der Waals surface area contributed by atoms with Crippen LogP contribution in [0.2, 0.25) is 0 Å². The molecule has 2 amide bonds. The van der Waals surface area contributed by atoms with E-state index in [-0.39, 0.29) is 18.5 Å². The predicted molar refractivity (Wildman–Crippen MR) is 81.4 cm³/mol. The van der Waals surface area contributed by atoms with Gasteiger partial charge < -0.3 is 15.3 Å². The van der Waals surface area contributed by atoms with E-state index in [9.17, 15) is 9.59 Å². The molecule has 0 spiro atoms. The van der Waals surface area contributed by atoms with Gasteiger partial charge >= 0.3 is 12.0 Å². The second kappa shape index (κ2) is 7.11. The van der Waals surface area contributed by atoms with Gasteiger partial charge in [0.2, 0.25) is 0 Å². The van der Waals surface area contributed by atoms with Crippen molar-refractivity contribution in [2.24, 2.45) is 0 Å². The van der Waals surface area contributed by atoms with E-state index in [1.165, 1.54) is 6.42 Å². The lowest BCUT2D eigenvalue weighted by Gasteiger charge is -2.33. The number of amides is 2. The maximum Gasteiger partial charge on any atom is 0.322 e. The molecule has 1 aliphatic rings. The molecule has 1 aliphatic heterocycles. The van der Waals surface area contributed by atoms with E-state index in [4.69, 9.17) is 5.11 Å². The number of benzene rings is 1. The Morgan fingerprint density at radius 2 is 2.10 bits per heavy atom. The summed E-state index contributed by atoms with van der Waals surface area (Å²) in [6, 6.07) is 7.55. The van der Waals surface area contributed by atoms with Gasteiger partial charge in [0.1, 0.15) is 0 Å². The number of nitrogens with zero attached hydrogens (tertiary/aromatic N) is 1. The normalized spacial score (nSPS) is 18.3. The van der Waals surface area contributed by atoms with Gasteiger partial charge in [-0.3, -0.25) is 4.79 Å². The molecule has 1 atom stereocenters. The lowest BCUT2D eigenvalue weighted by atomic mass is 10.0. The third-order valence-corrected chi connectivity index (χ3v) is 3.93. The lowest BCUT2D eigenvalue weighted by Crippen LogP contribution is -2.44. The van der Waals surface area contributed by atoms with E-state index >= 15 is 0 Å². The van der Waals surface area contributed by atoms with Crippen LogP contribution in [0.5, 0.6) is 0 Å². The summed E-state index contributed by atoms with van der Waals surface area (Å²) >= 11 is 0. The summed E-state index contributed by atoms with van der Waals surface area (Å²) < 4.78 is 0. The molecule has 114 valence electrons. The van der Waals surface area contributed by atoms with Gasteiger partial charge in [-0.15, -0.1) is 0 Å². The van der Waals surface area contributed by atoms with Crippen LogP contribution in [0.15, 0.2) is 24.3 Å². The third-order valence-electron chi connectivity index (χ3n) is 3.93. The summed E-state index contributed by atoms with van der Waals surface area (Å²) in [5.41, 5.74) is 1.57. The maximum atomic E-state index is 12.4. The number of likely N-dealkylation sites (tertiary alicyclic amines) is 1. The van der Waals surface area contributed by atoms with E-state index in [1.807, 2.05) is 29.2 Å². The summed E-state index contributed by atoms with van der Waals surface area (Å²) in [6.07, 6.45) is 3.72. The van der Waals surface area contributed by atoms with Crippen LogP contribution in [0.25, 0.3) is 0 Å². The molecule has 0 aliphatic carbocycles. The van der Waals surface area contributed by atoms with Crippen molar-refractivity contribution in [3.63, 3.8) is 0 Å². The topological polar surface area (TPSA) is 69.6 Å². The predicted octanol–water partition coefficient (Wildman–Crippen LogP) is 3.11. The minimum Gasteiger partial charge on any atom is -0.481 e. The Hall–Kier alpha value is -2.04. The van der Waals surface area contributed by atoms with Gasteiger partial charge in [-0.1, -0.05) is 18.2 Å². The summed E-state index contributed by atoms with van der Waals surface area (Å²) in [5, 5.41) is 11.7. The monoisotopic (exact) mass is 290 g/mol. The number of hydrogen-bond acceptors (Lipinski definition) is 2. The number of aryl methyl sites for hydroxylation is 1. The van der Waals surface area contributed by atoms with Crippen molar-refractivity contribution >= 4 is 17.7 Å². The molecule has 1 heterocycles. The van der Waals surface area contributed by atoms with Gasteiger partial charge in [0.05, 0.1) is 0 Å². The average molecular weight is 290 g/mol. The van der Waals surface area contributed by atoms with E-state index in [0.717, 1.165) is 24.9 Å². The van der Waals surface area contributed by atoms with Gasteiger partial charge in [0, 0.05) is 24.7 Å². The molecule has 1 unspecified atom stereocenters. The van der Waals surface area contributed by atoms with Crippen LogP contribution in [0, 0.1) is 0 Å². The molecule has 2 N–H and O–H groups in total. The third kappa shape index (κ3) is 4.21. The summed E-state index contributed by atoms with van der Waals surface area (Å²) in [7, 11) is 0. The fourth-order valence-electron chi connectivity index (χ4n) is 2.69. The SMILES string of the molecule is CC1CCCCN1C(=O)Nc1ccccc1CCC(=O)O. The van der Waals surface area contributed by atoms with Gasteiger partial charge in [-0.25, -0.2) is 4.79 Å². The smallest absolute Gasteiger partial charge is 0.322 e. The van der Waals surface area contributed by atoms with Crippen LogP contribution in [0.4, 0.5) is 10.5 Å². The van der Waals surface area contributed by atoms with Crippen LogP contribution in [0.1, 0.15) is 38.2 Å². The van der Waals surface area contributed by atoms with Crippen LogP contribution >= 0.6 is 0 Å². The first-order chi connectivity index (χ1) is 10.1. The molecule has 0 radical (unpaired) electrons. The minimum absolute atomic E-state index is 0.0625. The number of hydrogen-bond donors (Lipinski definition) is 2. The highest BCUT2D eigenvalue weighted by molar-refractivity contribution is 5.90. The number of urea groups is 1. The van der Waals surface area contributed by atoms with E-state index in [1.54, 1.807) is 0 Å². The summed E-state index contributed by atoms with van der Waals surface area (Å²) in [5.74, 6) is -0.833. The number of nitrogens with one attached hydrogen (secondary N) is 1. The molecule has 2 rings (SSSR count). The Balaban J connectivity index is 2.04. The number of rotatable bonds is 4. The molecule has 1 saturated heterocycles. The molecule has 1 fully saturated rings. The summed E-state index contributed by atoms with van der Waals surface area (Å²) in [6.45, 7) is 2.85. The first-order valence-electron chi connectivity index (χ1n) is 7.45. The highest BCUT2D eigenvalue weighted by Gasteiger charge is 2.23. The van der Waals surface area contributed by atoms with Crippen molar-refractivity contribution in [1.29, 1.82) is 0 Å². The molecule has 5 nitrogen and oxygen atoms in total. The number of aliphatic carboxylic acids is 1. The molecule has 1 aromatic rings. The zero-order valence-corrected chi connectivity index (χ0v) is 12.3. The zero-order chi connectivity index (χ0) is 15.2. The number of carbonyl (C=O) groups is 2. The second-order valence-corrected chi connectivity index (χ2v) is 5.52. The van der Waals surface area contributed by atoms with Crippen molar-refractivity contribution in [3.05, 3.63) is 29.8 Å². The van der Waals surface area contributed by atoms with Gasteiger partial charge in [0.25, 0.3) is 0 Å². The molecule has 21 heavy (non-hydrogen) atoms. The molecule has 0 aromatic heterocycles. The van der Waals surface area contributed by atoms with Crippen molar-refractivity contribution in [2.75, 3.05) is 11.9 Å². The Morgan fingerprint density at radius 1 is 1.33 bits per heavy atom. The number of piperidine rings is 1. The average Bonchev–Trinajstić information content (AvgIpc) is 2.46. The molecular weight excluding hydrogens is 268 g/mol. The van der Waals surface area contributed by atoms with Crippen molar-refractivity contribution in [2.45, 2.75) is 45.1 Å². The largest absolute Gasteiger partial charge is 0.481 e. The first kappa shape index (κ1) is 15.4. The molecule has 5 heteroatoms. The Morgan fingerprint density at radius 3 is 2.81 bits per heavy atom. The molecular formula is C16H22N2O3. The van der Waals surface area contributed by atoms with Crippen molar-refractivity contribution in [3.8, 4) is 0 Å². The number of carboxylic acids is 1. The highest BCUT2D eigenvalue weighted by Crippen LogP contribution is 2.21. The maximum absolute atomic E-state index is 12.4. The number of carbonyl (C=O) groups excluding carboxylic acids is 1. The molecule has 0 bridgehead atoms. The fraction of sp³-hybridized carbons (Fsp3) is 0.500. The summed E-state index contributed by atoms with van der Waals surface area (Å²) in [4.78, 5) is 24.9. The fourth-order valence-corrected chi connectivity index (χ4v) is 2.69. The Bertz CT molecular complexity index is 516. The van der Waals surface area contributed by atoms with Gasteiger partial charge in [-0.05, 0) is 44.2 Å². The van der Waals surface area contributed by atoms with Crippen molar-refractivity contribution in [1.82, 2.24) is 4.90 Å². The van der Waals surface area contributed by atoms with Crippen LogP contribution < -0.4 is 5.32 Å². The number of carboxylic acid groups (broad SMARTS) is 1. The number of para-hydroxylation sites is 1. The molecule has 0 saturated carbocycles.